The highest BCUT2D eigenvalue weighted by Crippen LogP contribution is 2.32. The van der Waals surface area contributed by atoms with Crippen LogP contribution in [0.4, 0.5) is 11.4 Å². The fourth-order valence-electron chi connectivity index (χ4n) is 3.02. The van der Waals surface area contributed by atoms with Gasteiger partial charge in [-0.05, 0) is 43.2 Å². The van der Waals surface area contributed by atoms with Crippen molar-refractivity contribution in [3.05, 3.63) is 33.9 Å². The zero-order valence-electron chi connectivity index (χ0n) is 14.9. The number of hydrogen-bond acceptors (Lipinski definition) is 5. The van der Waals surface area contributed by atoms with Crippen molar-refractivity contribution < 1.29 is 14.8 Å². The van der Waals surface area contributed by atoms with E-state index in [-0.39, 0.29) is 29.7 Å². The lowest BCUT2D eigenvalue weighted by Gasteiger charge is -2.31. The van der Waals surface area contributed by atoms with Crippen LogP contribution in [0.1, 0.15) is 43.5 Å². The Hall–Kier alpha value is -2.15. The van der Waals surface area contributed by atoms with E-state index in [9.17, 15) is 14.9 Å². The van der Waals surface area contributed by atoms with Crippen LogP contribution >= 0.6 is 0 Å². The molecule has 1 unspecified atom stereocenters. The largest absolute Gasteiger partial charge is 0.396 e. The van der Waals surface area contributed by atoms with Crippen molar-refractivity contribution in [2.75, 3.05) is 31.1 Å². The summed E-state index contributed by atoms with van der Waals surface area (Å²) in [5, 5.41) is 23.1. The summed E-state index contributed by atoms with van der Waals surface area (Å²) < 4.78 is 0. The zero-order valence-corrected chi connectivity index (χ0v) is 14.9. The van der Waals surface area contributed by atoms with Crippen molar-refractivity contribution in [3.63, 3.8) is 0 Å². The minimum absolute atomic E-state index is 0.0226. The molecule has 1 amide bonds. The minimum Gasteiger partial charge on any atom is -0.396 e. The number of nitro benzene ring substituents is 1. The lowest BCUT2D eigenvalue weighted by Crippen LogP contribution is -2.33. The average Bonchev–Trinajstić information content (AvgIpc) is 2.60. The molecule has 2 N–H and O–H groups in total. The van der Waals surface area contributed by atoms with Crippen LogP contribution in [0.25, 0.3) is 0 Å². The molecule has 1 heterocycles. The van der Waals surface area contributed by atoms with E-state index in [0.29, 0.717) is 24.6 Å². The van der Waals surface area contributed by atoms with Crippen molar-refractivity contribution in [2.24, 2.45) is 11.8 Å². The van der Waals surface area contributed by atoms with Gasteiger partial charge in [-0.3, -0.25) is 14.9 Å². The maximum Gasteiger partial charge on any atom is 0.293 e. The van der Waals surface area contributed by atoms with Crippen LogP contribution in [0.15, 0.2) is 18.2 Å². The second-order valence-electron chi connectivity index (χ2n) is 6.96. The second-order valence-corrected chi connectivity index (χ2v) is 6.96. The Balaban J connectivity index is 2.12. The lowest BCUT2D eigenvalue weighted by molar-refractivity contribution is -0.384. The first kappa shape index (κ1) is 19.2. The monoisotopic (exact) mass is 349 g/mol. The number of nitrogens with one attached hydrogen (secondary N) is 1. The van der Waals surface area contributed by atoms with E-state index in [4.69, 9.17) is 5.11 Å². The quantitative estimate of drug-likeness (QED) is 0.583. The van der Waals surface area contributed by atoms with E-state index in [2.05, 4.69) is 12.2 Å². The summed E-state index contributed by atoms with van der Waals surface area (Å²) in [6.07, 6.45) is 2.64. The van der Waals surface area contributed by atoms with E-state index in [1.54, 1.807) is 12.1 Å². The number of rotatable bonds is 7. The number of benzene rings is 1. The number of nitrogens with zero attached hydrogens (tertiary/aromatic N) is 2. The van der Waals surface area contributed by atoms with Gasteiger partial charge in [-0.2, -0.15) is 0 Å². The molecule has 0 aromatic heterocycles. The molecule has 1 aliphatic rings. The van der Waals surface area contributed by atoms with E-state index in [0.717, 1.165) is 25.9 Å². The first-order valence-corrected chi connectivity index (χ1v) is 8.84. The summed E-state index contributed by atoms with van der Waals surface area (Å²) in [5.41, 5.74) is 0.852. The van der Waals surface area contributed by atoms with Crippen molar-refractivity contribution in [1.29, 1.82) is 0 Å². The smallest absolute Gasteiger partial charge is 0.293 e. The third-order valence-electron chi connectivity index (χ3n) is 4.79. The number of nitro groups is 1. The maximum absolute atomic E-state index is 12.2. The van der Waals surface area contributed by atoms with Gasteiger partial charge in [0.05, 0.1) is 4.92 Å². The average molecular weight is 349 g/mol. The molecule has 0 saturated carbocycles. The maximum atomic E-state index is 12.2. The second kappa shape index (κ2) is 8.80. The Bertz CT molecular complexity index is 612. The summed E-state index contributed by atoms with van der Waals surface area (Å²) in [7, 11) is 0. The van der Waals surface area contributed by atoms with Gasteiger partial charge in [-0.1, -0.05) is 13.8 Å². The molecule has 1 atom stereocenters. The predicted molar refractivity (Wildman–Crippen MR) is 96.9 cm³/mol. The van der Waals surface area contributed by atoms with E-state index < -0.39 is 4.92 Å². The molecule has 1 saturated heterocycles. The number of hydrogen-bond donors (Lipinski definition) is 2. The molecule has 25 heavy (non-hydrogen) atoms. The number of aliphatic hydroxyl groups is 1. The van der Waals surface area contributed by atoms with Crippen molar-refractivity contribution in [1.82, 2.24) is 5.32 Å². The standard InChI is InChI=1S/C18H27N3O4/c1-13-5-8-20(9-6-13)16-4-3-15(11-17(16)21(24)25)18(23)19-12-14(2)7-10-22/h3-4,11,13-14,22H,5-10,12H2,1-2H3,(H,19,23). The number of carbonyl (C=O) groups is 1. The van der Waals surface area contributed by atoms with Gasteiger partial charge >= 0.3 is 0 Å². The number of anilines is 1. The van der Waals surface area contributed by atoms with Gasteiger partial charge < -0.3 is 15.3 Å². The zero-order chi connectivity index (χ0) is 18.4. The third-order valence-corrected chi connectivity index (χ3v) is 4.79. The Morgan fingerprint density at radius 1 is 1.44 bits per heavy atom. The van der Waals surface area contributed by atoms with Gasteiger partial charge in [-0.25, -0.2) is 0 Å². The highest BCUT2D eigenvalue weighted by molar-refractivity contribution is 5.95. The van der Waals surface area contributed by atoms with Crippen molar-refractivity contribution in [2.45, 2.75) is 33.1 Å². The highest BCUT2D eigenvalue weighted by atomic mass is 16.6. The molecule has 1 aromatic rings. The Morgan fingerprint density at radius 2 is 2.12 bits per heavy atom. The van der Waals surface area contributed by atoms with Crippen LogP contribution in [0.5, 0.6) is 0 Å². The third kappa shape index (κ3) is 5.16. The van der Waals surface area contributed by atoms with Crippen LogP contribution in [0, 0.1) is 22.0 Å². The molecule has 0 radical (unpaired) electrons. The minimum atomic E-state index is -0.418. The Kier molecular flexibility index (Phi) is 6.75. The molecule has 7 heteroatoms. The van der Waals surface area contributed by atoms with Crippen LogP contribution in [-0.2, 0) is 0 Å². The molecule has 7 nitrogen and oxygen atoms in total. The van der Waals surface area contributed by atoms with Gasteiger partial charge in [0.15, 0.2) is 0 Å². The van der Waals surface area contributed by atoms with Crippen molar-refractivity contribution in [3.8, 4) is 0 Å². The van der Waals surface area contributed by atoms with Gasteiger partial charge in [0, 0.05) is 37.9 Å². The molecule has 1 fully saturated rings. The van der Waals surface area contributed by atoms with Crippen molar-refractivity contribution >= 4 is 17.3 Å². The predicted octanol–water partition coefficient (Wildman–Crippen LogP) is 2.58. The molecule has 138 valence electrons. The fraction of sp³-hybridized carbons (Fsp3) is 0.611. The van der Waals surface area contributed by atoms with Gasteiger partial charge in [-0.15, -0.1) is 0 Å². The molecule has 1 aliphatic heterocycles. The molecular formula is C18H27N3O4. The molecule has 1 aromatic carbocycles. The fourth-order valence-corrected chi connectivity index (χ4v) is 3.02. The van der Waals surface area contributed by atoms with E-state index >= 15 is 0 Å². The Labute approximate surface area is 148 Å². The van der Waals surface area contributed by atoms with Crippen LogP contribution in [0.2, 0.25) is 0 Å². The topological polar surface area (TPSA) is 95.7 Å². The molecule has 2 rings (SSSR count). The molecule has 0 spiro atoms. The summed E-state index contributed by atoms with van der Waals surface area (Å²) in [6.45, 7) is 6.22. The summed E-state index contributed by atoms with van der Waals surface area (Å²) in [6, 6.07) is 4.69. The van der Waals surface area contributed by atoms with Crippen LogP contribution in [0.3, 0.4) is 0 Å². The lowest BCUT2D eigenvalue weighted by atomic mass is 9.98. The van der Waals surface area contributed by atoms with E-state index in [1.165, 1.54) is 6.07 Å². The summed E-state index contributed by atoms with van der Waals surface area (Å²) in [4.78, 5) is 25.3. The first-order chi connectivity index (χ1) is 11.9. The number of piperidine rings is 1. The summed E-state index contributed by atoms with van der Waals surface area (Å²) in [5.74, 6) is 0.464. The van der Waals surface area contributed by atoms with Gasteiger partial charge in [0.1, 0.15) is 5.69 Å². The van der Waals surface area contributed by atoms with Gasteiger partial charge in [0.2, 0.25) is 0 Å². The van der Waals surface area contributed by atoms with Gasteiger partial charge in [0.25, 0.3) is 11.6 Å². The van der Waals surface area contributed by atoms with Crippen LogP contribution in [-0.4, -0.2) is 42.2 Å². The SMILES string of the molecule is CC1CCN(c2ccc(C(=O)NCC(C)CCO)cc2[N+](=O)[O-])CC1. The normalized spacial score (nSPS) is 16.5. The number of amides is 1. The molecule has 0 aliphatic carbocycles. The summed E-state index contributed by atoms with van der Waals surface area (Å²) >= 11 is 0. The molecule has 0 bridgehead atoms. The number of aliphatic hydroxyl groups excluding tert-OH is 1. The van der Waals surface area contributed by atoms with E-state index in [1.807, 2.05) is 11.8 Å². The molecular weight excluding hydrogens is 322 g/mol. The number of carbonyl (C=O) groups excluding carboxylic acids is 1. The Morgan fingerprint density at radius 3 is 2.72 bits per heavy atom. The first-order valence-electron chi connectivity index (χ1n) is 8.84. The highest BCUT2D eigenvalue weighted by Gasteiger charge is 2.24. The van der Waals surface area contributed by atoms with Crippen LogP contribution < -0.4 is 10.2 Å².